The molecule has 1 saturated heterocycles. The number of hydrogen-bond donors (Lipinski definition) is 0. The third-order valence-electron chi connectivity index (χ3n) is 4.37. The summed E-state index contributed by atoms with van der Waals surface area (Å²) in [6.07, 6.45) is 0.471. The second kappa shape index (κ2) is 4.82. The molecule has 3 heterocycles. The number of rotatable bonds is 1. The summed E-state index contributed by atoms with van der Waals surface area (Å²) in [5, 5.41) is 0. The Bertz CT molecular complexity index is 778. The van der Waals surface area contributed by atoms with E-state index in [2.05, 4.69) is 0 Å². The zero-order valence-corrected chi connectivity index (χ0v) is 12.8. The molecule has 1 aromatic rings. The second-order valence-corrected chi connectivity index (χ2v) is 7.39. The number of fused-ring (bicyclic) bond motifs is 3. The largest absolute Gasteiger partial charge is 0.378 e. The fourth-order valence-electron chi connectivity index (χ4n) is 3.30. The molecule has 0 unspecified atom stereocenters. The molecule has 0 radical (unpaired) electrons. The first kappa shape index (κ1) is 13.8. The summed E-state index contributed by atoms with van der Waals surface area (Å²) in [6.45, 7) is 2.53. The van der Waals surface area contributed by atoms with E-state index < -0.39 is 10.0 Å². The summed E-state index contributed by atoms with van der Waals surface area (Å²) >= 11 is 0. The number of hydrogen-bond acceptors (Lipinski definition) is 4. The van der Waals surface area contributed by atoms with Gasteiger partial charge >= 0.3 is 0 Å². The molecule has 0 N–H and O–H groups in total. The maximum Gasteiger partial charge on any atom is 0.265 e. The molecule has 3 aliphatic rings. The molecule has 1 amide bonds. The smallest absolute Gasteiger partial charge is 0.265 e. The highest BCUT2D eigenvalue weighted by molar-refractivity contribution is 7.90. The molecule has 0 bridgehead atoms. The zero-order chi connectivity index (χ0) is 15.3. The van der Waals surface area contributed by atoms with Crippen LogP contribution in [-0.2, 0) is 19.6 Å². The summed E-state index contributed by atoms with van der Waals surface area (Å²) in [7, 11) is -3.50. The van der Waals surface area contributed by atoms with E-state index in [1.807, 2.05) is 0 Å². The molecule has 0 atom stereocenters. The van der Waals surface area contributed by atoms with E-state index in [1.165, 1.54) is 4.31 Å². The quantitative estimate of drug-likeness (QED) is 0.762. The highest BCUT2D eigenvalue weighted by Gasteiger charge is 2.44. The molecule has 0 spiro atoms. The number of carbonyl (C=O) groups is 1. The number of nitrogens with zero attached hydrogens (tertiary/aromatic N) is 2. The Hall–Kier alpha value is -1.86. The summed E-state index contributed by atoms with van der Waals surface area (Å²) in [5.74, 6) is -0.0623. The van der Waals surface area contributed by atoms with Crippen LogP contribution in [-0.4, -0.2) is 56.4 Å². The Labute approximate surface area is 129 Å². The van der Waals surface area contributed by atoms with E-state index in [0.717, 1.165) is 0 Å². The number of amides is 1. The van der Waals surface area contributed by atoms with Gasteiger partial charge in [-0.3, -0.25) is 9.10 Å². The molecule has 0 aliphatic carbocycles. The highest BCUT2D eigenvalue weighted by Crippen LogP contribution is 2.45. The molecular formula is C15H16N2O4S. The zero-order valence-electron chi connectivity index (χ0n) is 12.0. The van der Waals surface area contributed by atoms with Crippen molar-refractivity contribution in [2.24, 2.45) is 0 Å². The van der Waals surface area contributed by atoms with Gasteiger partial charge in [0.25, 0.3) is 15.9 Å². The topological polar surface area (TPSA) is 66.9 Å². The van der Waals surface area contributed by atoms with E-state index >= 15 is 0 Å². The maximum absolute atomic E-state index is 12.8. The van der Waals surface area contributed by atoms with Crippen LogP contribution < -0.4 is 0 Å². The normalized spacial score (nSPS) is 22.7. The van der Waals surface area contributed by atoms with E-state index in [1.54, 1.807) is 29.2 Å². The van der Waals surface area contributed by atoms with Gasteiger partial charge in [-0.05, 0) is 12.5 Å². The molecule has 116 valence electrons. The maximum atomic E-state index is 12.8. The van der Waals surface area contributed by atoms with Crippen molar-refractivity contribution in [1.29, 1.82) is 0 Å². The first-order valence-corrected chi connectivity index (χ1v) is 8.77. The molecule has 1 aromatic carbocycles. The van der Waals surface area contributed by atoms with Crippen molar-refractivity contribution >= 4 is 21.6 Å². The Balaban J connectivity index is 1.82. The monoisotopic (exact) mass is 320 g/mol. The number of sulfonamides is 1. The first-order chi connectivity index (χ1) is 10.6. The predicted molar refractivity (Wildman–Crippen MR) is 79.3 cm³/mol. The van der Waals surface area contributed by atoms with Crippen LogP contribution in [0.1, 0.15) is 12.0 Å². The Kier molecular flexibility index (Phi) is 3.02. The number of morpholine rings is 1. The lowest BCUT2D eigenvalue weighted by Crippen LogP contribution is -2.41. The standard InChI is InChI=1S/C15H16N2O4S/c18-15(16-7-9-21-10-8-16)12-5-6-17-14(12)11-3-1-2-4-13(11)22(17,19)20/h1-4H,5-10H2. The lowest BCUT2D eigenvalue weighted by molar-refractivity contribution is -0.131. The summed E-state index contributed by atoms with van der Waals surface area (Å²) in [6, 6.07) is 6.90. The van der Waals surface area contributed by atoms with Gasteiger partial charge in [-0.15, -0.1) is 0 Å². The fourth-order valence-corrected chi connectivity index (χ4v) is 5.01. The Morgan fingerprint density at radius 2 is 1.82 bits per heavy atom. The van der Waals surface area contributed by atoms with Crippen molar-refractivity contribution in [1.82, 2.24) is 9.21 Å². The Morgan fingerprint density at radius 3 is 2.59 bits per heavy atom. The van der Waals surface area contributed by atoms with Crippen molar-refractivity contribution in [3.05, 3.63) is 35.4 Å². The molecule has 22 heavy (non-hydrogen) atoms. The fraction of sp³-hybridized carbons (Fsp3) is 0.400. The molecule has 6 nitrogen and oxygen atoms in total. The van der Waals surface area contributed by atoms with Crippen molar-refractivity contribution < 1.29 is 17.9 Å². The van der Waals surface area contributed by atoms with Crippen LogP contribution >= 0.6 is 0 Å². The van der Waals surface area contributed by atoms with Gasteiger partial charge in [-0.2, -0.15) is 0 Å². The molecule has 0 aromatic heterocycles. The van der Waals surface area contributed by atoms with Crippen LogP contribution in [0.4, 0.5) is 0 Å². The van der Waals surface area contributed by atoms with Crippen LogP contribution in [0.2, 0.25) is 0 Å². The summed E-state index contributed by atoms with van der Waals surface area (Å²) < 4.78 is 31.8. The minimum absolute atomic E-state index is 0.0623. The number of carbonyl (C=O) groups excluding carboxylic acids is 1. The third-order valence-corrected chi connectivity index (χ3v) is 6.22. The predicted octanol–water partition coefficient (Wildman–Crippen LogP) is 0.665. The molecule has 0 saturated carbocycles. The number of benzene rings is 1. The van der Waals surface area contributed by atoms with Crippen molar-refractivity contribution in [2.45, 2.75) is 11.3 Å². The number of ether oxygens (including phenoxy) is 1. The Morgan fingerprint density at radius 1 is 1.09 bits per heavy atom. The van der Waals surface area contributed by atoms with Gasteiger partial charge in [0.15, 0.2) is 0 Å². The van der Waals surface area contributed by atoms with Gasteiger partial charge in [0.2, 0.25) is 0 Å². The summed E-state index contributed by atoms with van der Waals surface area (Å²) in [4.78, 5) is 14.8. The van der Waals surface area contributed by atoms with Crippen LogP contribution in [0.15, 0.2) is 34.7 Å². The van der Waals surface area contributed by atoms with Gasteiger partial charge < -0.3 is 9.64 Å². The lowest BCUT2D eigenvalue weighted by atomic mass is 10.1. The van der Waals surface area contributed by atoms with Gasteiger partial charge in [-0.25, -0.2) is 8.42 Å². The molecule has 3 aliphatic heterocycles. The van der Waals surface area contributed by atoms with Gasteiger partial charge in [0.05, 0.1) is 23.8 Å². The van der Waals surface area contributed by atoms with E-state index in [-0.39, 0.29) is 5.91 Å². The summed E-state index contributed by atoms with van der Waals surface area (Å²) in [5.41, 5.74) is 1.83. The van der Waals surface area contributed by atoms with Gasteiger partial charge in [-0.1, -0.05) is 18.2 Å². The highest BCUT2D eigenvalue weighted by atomic mass is 32.2. The average molecular weight is 320 g/mol. The van der Waals surface area contributed by atoms with Crippen molar-refractivity contribution in [2.75, 3.05) is 32.8 Å². The van der Waals surface area contributed by atoms with Gasteiger partial charge in [0.1, 0.15) is 0 Å². The van der Waals surface area contributed by atoms with Crippen LogP contribution in [0, 0.1) is 0 Å². The van der Waals surface area contributed by atoms with Crippen molar-refractivity contribution in [3.63, 3.8) is 0 Å². The third kappa shape index (κ3) is 1.82. The molecule has 4 rings (SSSR count). The second-order valence-electron chi connectivity index (χ2n) is 5.56. The van der Waals surface area contributed by atoms with E-state index in [0.29, 0.717) is 61.0 Å². The van der Waals surface area contributed by atoms with Crippen LogP contribution in [0.25, 0.3) is 5.70 Å². The SMILES string of the molecule is O=C(C1=C2c3ccccc3S(=O)(=O)N2CC1)N1CCOCC1. The van der Waals surface area contributed by atoms with Gasteiger partial charge in [0, 0.05) is 30.8 Å². The molecule has 7 heteroatoms. The van der Waals surface area contributed by atoms with Crippen molar-refractivity contribution in [3.8, 4) is 0 Å². The van der Waals surface area contributed by atoms with E-state index in [4.69, 9.17) is 4.74 Å². The molecule has 1 fully saturated rings. The van der Waals surface area contributed by atoms with E-state index in [9.17, 15) is 13.2 Å². The average Bonchev–Trinajstić information content (AvgIpc) is 3.08. The van der Waals surface area contributed by atoms with Crippen LogP contribution in [0.5, 0.6) is 0 Å². The molecular weight excluding hydrogens is 304 g/mol. The first-order valence-electron chi connectivity index (χ1n) is 7.33. The minimum atomic E-state index is -3.50. The van der Waals surface area contributed by atoms with Crippen LogP contribution in [0.3, 0.4) is 0 Å². The minimum Gasteiger partial charge on any atom is -0.378 e. The lowest BCUT2D eigenvalue weighted by Gasteiger charge is -2.27.